The second-order valence-electron chi connectivity index (χ2n) is 5.26. The summed E-state index contributed by atoms with van der Waals surface area (Å²) in [7, 11) is 0. The Bertz CT molecular complexity index is 569. The van der Waals surface area contributed by atoms with Crippen molar-refractivity contribution in [3.8, 4) is 0 Å². The van der Waals surface area contributed by atoms with E-state index >= 15 is 0 Å². The third-order valence-electron chi connectivity index (χ3n) is 3.66. The van der Waals surface area contributed by atoms with Crippen LogP contribution in [0.1, 0.15) is 36.1 Å². The Kier molecular flexibility index (Phi) is 3.23. The van der Waals surface area contributed by atoms with Crippen molar-refractivity contribution in [2.45, 2.75) is 39.2 Å². The largest absolute Gasteiger partial charge is 0.384 e. The molecule has 0 saturated heterocycles. The van der Waals surface area contributed by atoms with Gasteiger partial charge >= 0.3 is 0 Å². The molecule has 1 heterocycles. The number of nitrogens with one attached hydrogen (secondary N) is 1. The van der Waals surface area contributed by atoms with Gasteiger partial charge in [-0.05, 0) is 38.3 Å². The van der Waals surface area contributed by atoms with Crippen molar-refractivity contribution in [1.29, 1.82) is 0 Å². The molecule has 4 heteroatoms. The molecule has 0 bridgehead atoms. The van der Waals surface area contributed by atoms with E-state index in [0.717, 1.165) is 24.6 Å². The molecule has 0 atom stereocenters. The third kappa shape index (κ3) is 2.62. The average Bonchev–Trinajstić information content (AvgIpc) is 3.17. The van der Waals surface area contributed by atoms with Gasteiger partial charge in [-0.1, -0.05) is 18.2 Å². The molecule has 0 spiro atoms. The summed E-state index contributed by atoms with van der Waals surface area (Å²) in [6.45, 7) is 5.07. The number of aromatic nitrogens is 3. The van der Waals surface area contributed by atoms with Crippen LogP contribution in [0.3, 0.4) is 0 Å². The number of nitrogens with zero attached hydrogens (tertiary/aromatic N) is 3. The molecule has 1 saturated carbocycles. The second kappa shape index (κ2) is 5.03. The highest BCUT2D eigenvalue weighted by molar-refractivity contribution is 5.50. The van der Waals surface area contributed by atoms with Crippen molar-refractivity contribution >= 4 is 5.69 Å². The number of anilines is 1. The molecule has 1 fully saturated rings. The molecule has 0 aliphatic heterocycles. The number of hydrogen-bond donors (Lipinski definition) is 1. The third-order valence-corrected chi connectivity index (χ3v) is 3.66. The molecular formula is C15H20N4. The van der Waals surface area contributed by atoms with Crippen LogP contribution in [0.4, 0.5) is 5.69 Å². The van der Waals surface area contributed by atoms with Crippen LogP contribution in [0.2, 0.25) is 0 Å². The Balaban J connectivity index is 1.62. The Morgan fingerprint density at radius 3 is 2.74 bits per heavy atom. The van der Waals surface area contributed by atoms with Crippen molar-refractivity contribution in [2.24, 2.45) is 0 Å². The average molecular weight is 256 g/mol. The number of rotatable bonds is 5. The summed E-state index contributed by atoms with van der Waals surface area (Å²) in [6.07, 6.45) is 3.47. The van der Waals surface area contributed by atoms with Crippen LogP contribution in [-0.4, -0.2) is 21.3 Å². The molecule has 1 aliphatic carbocycles. The maximum atomic E-state index is 4.30. The van der Waals surface area contributed by atoms with Crippen LogP contribution in [0.25, 0.3) is 0 Å². The summed E-state index contributed by atoms with van der Waals surface area (Å²) in [5.74, 6) is 2.16. The first-order chi connectivity index (χ1) is 9.25. The van der Waals surface area contributed by atoms with Gasteiger partial charge < -0.3 is 9.88 Å². The number of benzene rings is 1. The number of aryl methyl sites for hydroxylation is 2. The van der Waals surface area contributed by atoms with Crippen molar-refractivity contribution in [2.75, 3.05) is 11.9 Å². The molecule has 1 aliphatic rings. The van der Waals surface area contributed by atoms with E-state index in [0.29, 0.717) is 6.04 Å². The predicted octanol–water partition coefficient (Wildman–Crippen LogP) is 2.88. The van der Waals surface area contributed by atoms with Gasteiger partial charge in [-0.15, -0.1) is 10.2 Å². The minimum absolute atomic E-state index is 0.656. The molecule has 2 aromatic rings. The Morgan fingerprint density at radius 2 is 2.00 bits per heavy atom. The van der Waals surface area contributed by atoms with Crippen LogP contribution in [0.15, 0.2) is 24.3 Å². The van der Waals surface area contributed by atoms with E-state index < -0.39 is 0 Å². The summed E-state index contributed by atoms with van der Waals surface area (Å²) < 4.78 is 2.31. The lowest BCUT2D eigenvalue weighted by Gasteiger charge is -2.10. The van der Waals surface area contributed by atoms with Gasteiger partial charge in [0.1, 0.15) is 11.6 Å². The minimum atomic E-state index is 0.656. The highest BCUT2D eigenvalue weighted by Gasteiger charge is 2.27. The molecule has 4 nitrogen and oxygen atoms in total. The van der Waals surface area contributed by atoms with E-state index in [1.165, 1.54) is 24.1 Å². The maximum absolute atomic E-state index is 4.30. The standard InChI is InChI=1S/C15H20N4/c1-11-5-3-4-6-14(11)16-10-9-15-18-17-12(2)19(15)13-7-8-13/h3-6,13,16H,7-10H2,1-2H3. The zero-order chi connectivity index (χ0) is 13.2. The van der Waals surface area contributed by atoms with Gasteiger partial charge in [-0.2, -0.15) is 0 Å². The first-order valence-corrected chi connectivity index (χ1v) is 6.95. The van der Waals surface area contributed by atoms with Crippen LogP contribution in [0.5, 0.6) is 0 Å². The zero-order valence-electron chi connectivity index (χ0n) is 11.6. The van der Waals surface area contributed by atoms with Crippen molar-refractivity contribution < 1.29 is 0 Å². The summed E-state index contributed by atoms with van der Waals surface area (Å²) in [5, 5.41) is 12.0. The fourth-order valence-electron chi connectivity index (χ4n) is 2.47. The van der Waals surface area contributed by atoms with Crippen LogP contribution in [0, 0.1) is 13.8 Å². The molecule has 0 unspecified atom stereocenters. The normalized spacial score (nSPS) is 14.6. The lowest BCUT2D eigenvalue weighted by molar-refractivity contribution is 0.662. The van der Waals surface area contributed by atoms with Gasteiger partial charge in [0.2, 0.25) is 0 Å². The fraction of sp³-hybridized carbons (Fsp3) is 0.467. The molecule has 0 amide bonds. The summed E-state index contributed by atoms with van der Waals surface area (Å²) in [5.41, 5.74) is 2.49. The predicted molar refractivity (Wildman–Crippen MR) is 76.4 cm³/mol. The van der Waals surface area contributed by atoms with E-state index in [2.05, 4.69) is 51.3 Å². The molecule has 1 aromatic carbocycles. The van der Waals surface area contributed by atoms with Crippen molar-refractivity contribution in [3.05, 3.63) is 41.5 Å². The second-order valence-corrected chi connectivity index (χ2v) is 5.26. The monoisotopic (exact) mass is 256 g/mol. The van der Waals surface area contributed by atoms with Crippen LogP contribution in [-0.2, 0) is 6.42 Å². The highest BCUT2D eigenvalue weighted by atomic mass is 15.3. The summed E-state index contributed by atoms with van der Waals surface area (Å²) >= 11 is 0. The Hall–Kier alpha value is -1.84. The molecule has 100 valence electrons. The molecular weight excluding hydrogens is 236 g/mol. The molecule has 3 rings (SSSR count). The van der Waals surface area contributed by atoms with Gasteiger partial charge in [0, 0.05) is 24.7 Å². The quantitative estimate of drug-likeness (QED) is 0.894. The minimum Gasteiger partial charge on any atom is -0.384 e. The zero-order valence-corrected chi connectivity index (χ0v) is 11.6. The first-order valence-electron chi connectivity index (χ1n) is 6.95. The first kappa shape index (κ1) is 12.2. The van der Waals surface area contributed by atoms with Gasteiger partial charge in [-0.25, -0.2) is 0 Å². The SMILES string of the molecule is Cc1ccccc1NCCc1nnc(C)n1C1CC1. The molecule has 0 radical (unpaired) electrons. The van der Waals surface area contributed by atoms with E-state index in [4.69, 9.17) is 0 Å². The van der Waals surface area contributed by atoms with Crippen molar-refractivity contribution in [1.82, 2.24) is 14.8 Å². The van der Waals surface area contributed by atoms with E-state index in [9.17, 15) is 0 Å². The van der Waals surface area contributed by atoms with Gasteiger partial charge in [0.05, 0.1) is 0 Å². The molecule has 19 heavy (non-hydrogen) atoms. The Labute approximate surface area is 113 Å². The van der Waals surface area contributed by atoms with Crippen molar-refractivity contribution in [3.63, 3.8) is 0 Å². The van der Waals surface area contributed by atoms with E-state index in [1.54, 1.807) is 0 Å². The lowest BCUT2D eigenvalue weighted by atomic mass is 10.2. The maximum Gasteiger partial charge on any atom is 0.135 e. The molecule has 1 aromatic heterocycles. The highest BCUT2D eigenvalue weighted by Crippen LogP contribution is 2.36. The van der Waals surface area contributed by atoms with Gasteiger partial charge in [0.25, 0.3) is 0 Å². The van der Waals surface area contributed by atoms with Crippen LogP contribution >= 0.6 is 0 Å². The molecule has 1 N–H and O–H groups in total. The van der Waals surface area contributed by atoms with Gasteiger partial charge in [0.15, 0.2) is 0 Å². The number of hydrogen-bond acceptors (Lipinski definition) is 3. The van der Waals surface area contributed by atoms with Gasteiger partial charge in [-0.3, -0.25) is 0 Å². The summed E-state index contributed by atoms with van der Waals surface area (Å²) in [4.78, 5) is 0. The Morgan fingerprint density at radius 1 is 1.21 bits per heavy atom. The topological polar surface area (TPSA) is 42.7 Å². The summed E-state index contributed by atoms with van der Waals surface area (Å²) in [6, 6.07) is 9.02. The van der Waals surface area contributed by atoms with Crippen LogP contribution < -0.4 is 5.32 Å². The van der Waals surface area contributed by atoms with E-state index in [-0.39, 0.29) is 0 Å². The smallest absolute Gasteiger partial charge is 0.135 e. The number of para-hydroxylation sites is 1. The van der Waals surface area contributed by atoms with E-state index in [1.807, 2.05) is 6.92 Å². The fourth-order valence-corrected chi connectivity index (χ4v) is 2.47. The lowest BCUT2D eigenvalue weighted by Crippen LogP contribution is -2.11.